The van der Waals surface area contributed by atoms with E-state index in [1.54, 1.807) is 0 Å². The van der Waals surface area contributed by atoms with Crippen LogP contribution in [0.25, 0.3) is 5.65 Å². The largest absolute Gasteiger partial charge is 0.401 e. The lowest BCUT2D eigenvalue weighted by Gasteiger charge is -2.27. The maximum atomic E-state index is 13.5. The second-order valence-electron chi connectivity index (χ2n) is 4.79. The summed E-state index contributed by atoms with van der Waals surface area (Å²) in [4.78, 5) is 16.0. The fourth-order valence-corrected chi connectivity index (χ4v) is 2.81. The van der Waals surface area contributed by atoms with Crippen molar-refractivity contribution in [3.8, 4) is 0 Å². The highest BCUT2D eigenvalue weighted by atomic mass is 79.9. The van der Waals surface area contributed by atoms with Gasteiger partial charge in [-0.15, -0.1) is 0 Å². The molecule has 2 aromatic heterocycles. The van der Waals surface area contributed by atoms with Crippen LogP contribution in [0, 0.1) is 0 Å². The fourth-order valence-electron chi connectivity index (χ4n) is 2.44. The van der Waals surface area contributed by atoms with Crippen molar-refractivity contribution in [1.82, 2.24) is 14.6 Å². The molecule has 0 fully saturated rings. The van der Waals surface area contributed by atoms with E-state index in [9.17, 15) is 18.0 Å². The molecule has 9 heteroatoms. The number of hydrogen-bond acceptors (Lipinski definition) is 3. The monoisotopic (exact) mass is 348 g/mol. The number of aromatic nitrogens is 3. The van der Waals surface area contributed by atoms with E-state index in [-0.39, 0.29) is 11.4 Å². The molecule has 3 rings (SSSR count). The Balaban J connectivity index is 2.38. The number of carbonyl (C=O) groups is 1. The van der Waals surface area contributed by atoms with Crippen molar-refractivity contribution in [2.24, 2.45) is 0 Å². The number of amides is 1. The molecule has 20 heavy (non-hydrogen) atoms. The van der Waals surface area contributed by atoms with E-state index in [1.807, 2.05) is 0 Å². The van der Waals surface area contributed by atoms with Crippen LogP contribution in [-0.4, -0.2) is 33.7 Å². The smallest absolute Gasteiger partial charge is 0.311 e. The van der Waals surface area contributed by atoms with Gasteiger partial charge in [-0.3, -0.25) is 4.79 Å². The minimum atomic E-state index is -4.51. The molecule has 0 aromatic carbocycles. The molecule has 1 aliphatic rings. The molecule has 106 valence electrons. The Bertz CT molecular complexity index is 713. The number of rotatable bonds is 1. The average molecular weight is 349 g/mol. The highest BCUT2D eigenvalue weighted by Gasteiger charge is 2.59. The molecule has 0 bridgehead atoms. The quantitative estimate of drug-likeness (QED) is 0.743. The number of fused-ring (bicyclic) bond motifs is 3. The lowest BCUT2D eigenvalue weighted by Crippen LogP contribution is -2.44. The predicted octanol–water partition coefficient (Wildman–Crippen LogP) is 2.29. The normalized spacial score (nSPS) is 22.4. The van der Waals surface area contributed by atoms with Crippen LogP contribution >= 0.6 is 15.9 Å². The van der Waals surface area contributed by atoms with Crippen molar-refractivity contribution in [1.29, 1.82) is 0 Å². The molecule has 5 nitrogen and oxygen atoms in total. The molecule has 0 radical (unpaired) electrons. The Morgan fingerprint density at radius 3 is 2.80 bits per heavy atom. The van der Waals surface area contributed by atoms with E-state index in [2.05, 4.69) is 26.0 Å². The van der Waals surface area contributed by atoms with Crippen molar-refractivity contribution in [3.05, 3.63) is 22.6 Å². The molecule has 1 atom stereocenters. The number of alkyl halides is 3. The van der Waals surface area contributed by atoms with Gasteiger partial charge in [-0.25, -0.2) is 9.50 Å². The van der Waals surface area contributed by atoms with Gasteiger partial charge in [0.1, 0.15) is 10.0 Å². The molecule has 0 spiro atoms. The minimum Gasteiger partial charge on any atom is -0.311 e. The molecule has 3 heterocycles. The lowest BCUT2D eigenvalue weighted by atomic mass is 9.88. The first kappa shape index (κ1) is 13.3. The minimum absolute atomic E-state index is 0.0761. The van der Waals surface area contributed by atoms with Gasteiger partial charge in [0.25, 0.3) is 0 Å². The zero-order chi connectivity index (χ0) is 14.7. The van der Waals surface area contributed by atoms with Crippen LogP contribution < -0.4 is 4.90 Å². The van der Waals surface area contributed by atoms with Gasteiger partial charge in [0, 0.05) is 12.6 Å². The molecule has 1 unspecified atom stereocenters. The van der Waals surface area contributed by atoms with E-state index in [1.165, 1.54) is 12.3 Å². The maximum absolute atomic E-state index is 13.5. The molecular weight excluding hydrogens is 341 g/mol. The summed E-state index contributed by atoms with van der Waals surface area (Å²) in [6.45, 7) is 0.581. The van der Waals surface area contributed by atoms with Gasteiger partial charge in [0.2, 0.25) is 6.41 Å². The van der Waals surface area contributed by atoms with Gasteiger partial charge in [-0.05, 0) is 22.9 Å². The van der Waals surface area contributed by atoms with Crippen LogP contribution in [0.5, 0.6) is 0 Å². The summed E-state index contributed by atoms with van der Waals surface area (Å²) in [5.41, 5.74) is -1.84. The topological polar surface area (TPSA) is 50.5 Å². The summed E-state index contributed by atoms with van der Waals surface area (Å²) in [6.07, 6.45) is -2.86. The van der Waals surface area contributed by atoms with Crippen molar-refractivity contribution in [3.63, 3.8) is 0 Å². The molecule has 0 saturated carbocycles. The van der Waals surface area contributed by atoms with Gasteiger partial charge < -0.3 is 4.90 Å². The summed E-state index contributed by atoms with van der Waals surface area (Å²) in [5, 5.41) is 3.99. The van der Waals surface area contributed by atoms with Crippen LogP contribution in [-0.2, 0) is 10.2 Å². The summed E-state index contributed by atoms with van der Waals surface area (Å²) in [5.74, 6) is 0. The van der Waals surface area contributed by atoms with Crippen LogP contribution in [0.2, 0.25) is 0 Å². The number of nitrogens with zero attached hydrogens (tertiary/aromatic N) is 4. The van der Waals surface area contributed by atoms with E-state index < -0.39 is 18.1 Å². The average Bonchev–Trinajstić information content (AvgIpc) is 2.86. The second-order valence-corrected chi connectivity index (χ2v) is 5.60. The van der Waals surface area contributed by atoms with Gasteiger partial charge >= 0.3 is 6.18 Å². The molecule has 0 N–H and O–H groups in total. The predicted molar refractivity (Wildman–Crippen MR) is 67.5 cm³/mol. The fraction of sp³-hybridized carbons (Fsp3) is 0.364. The third kappa shape index (κ3) is 1.58. The Hall–Kier alpha value is -1.64. The molecule has 2 aromatic rings. The van der Waals surface area contributed by atoms with Crippen LogP contribution in [0.4, 0.5) is 18.9 Å². The van der Waals surface area contributed by atoms with Crippen LogP contribution in [0.1, 0.15) is 12.6 Å². The Labute approximate surface area is 119 Å². The third-order valence-electron chi connectivity index (χ3n) is 3.51. The highest BCUT2D eigenvalue weighted by Crippen LogP contribution is 2.49. The first-order chi connectivity index (χ1) is 9.28. The molecular formula is C11H8BrF3N4O. The van der Waals surface area contributed by atoms with Gasteiger partial charge in [-0.2, -0.15) is 18.3 Å². The molecule has 0 saturated heterocycles. The van der Waals surface area contributed by atoms with Gasteiger partial charge in [-0.1, -0.05) is 0 Å². The Morgan fingerprint density at radius 2 is 2.20 bits per heavy atom. The third-order valence-corrected chi connectivity index (χ3v) is 3.89. The van der Waals surface area contributed by atoms with E-state index in [4.69, 9.17) is 0 Å². The Morgan fingerprint density at radius 1 is 1.50 bits per heavy atom. The van der Waals surface area contributed by atoms with E-state index in [0.29, 0.717) is 16.7 Å². The summed E-state index contributed by atoms with van der Waals surface area (Å²) in [6, 6.07) is 1.51. The van der Waals surface area contributed by atoms with Crippen molar-refractivity contribution >= 4 is 33.7 Å². The molecule has 0 aliphatic carbocycles. The van der Waals surface area contributed by atoms with E-state index >= 15 is 0 Å². The molecule has 1 aliphatic heterocycles. The standard InChI is InChI=1S/C11H8BrF3N4O/c1-10(11(13,14)15)4-18(5-20)6-3-16-8-2-7(12)17-19(8)9(6)10/h2-3,5H,4H2,1H3. The zero-order valence-electron chi connectivity index (χ0n) is 10.1. The Kier molecular flexibility index (Phi) is 2.63. The number of anilines is 1. The van der Waals surface area contributed by atoms with Gasteiger partial charge in [0.05, 0.1) is 17.6 Å². The number of hydrogen-bond donors (Lipinski definition) is 0. The van der Waals surface area contributed by atoms with Crippen LogP contribution in [0.15, 0.2) is 16.9 Å². The van der Waals surface area contributed by atoms with Crippen molar-refractivity contribution in [2.45, 2.75) is 18.5 Å². The number of halogens is 4. The first-order valence-electron chi connectivity index (χ1n) is 5.61. The van der Waals surface area contributed by atoms with Crippen molar-refractivity contribution < 1.29 is 18.0 Å². The number of carbonyl (C=O) groups excluding carboxylic acids is 1. The van der Waals surface area contributed by atoms with Crippen LogP contribution in [0.3, 0.4) is 0 Å². The summed E-state index contributed by atoms with van der Waals surface area (Å²) >= 11 is 3.12. The second kappa shape index (κ2) is 3.94. The highest BCUT2D eigenvalue weighted by molar-refractivity contribution is 9.10. The zero-order valence-corrected chi connectivity index (χ0v) is 11.7. The van der Waals surface area contributed by atoms with Crippen molar-refractivity contribution in [2.75, 3.05) is 11.4 Å². The SMILES string of the molecule is CC1(C(F)(F)F)CN(C=O)c2cnc3cc(Br)nn3c21. The molecule has 1 amide bonds. The summed E-state index contributed by atoms with van der Waals surface area (Å²) < 4.78 is 41.9. The van der Waals surface area contributed by atoms with Gasteiger partial charge in [0.15, 0.2) is 5.65 Å². The van der Waals surface area contributed by atoms with E-state index in [0.717, 1.165) is 16.3 Å². The summed E-state index contributed by atoms with van der Waals surface area (Å²) in [7, 11) is 0. The lowest BCUT2D eigenvalue weighted by molar-refractivity contribution is -0.181. The first-order valence-corrected chi connectivity index (χ1v) is 6.40. The maximum Gasteiger partial charge on any atom is 0.401 e.